The van der Waals surface area contributed by atoms with Crippen LogP contribution in [0.5, 0.6) is 0 Å². The van der Waals surface area contributed by atoms with Crippen molar-refractivity contribution in [2.24, 2.45) is 5.92 Å². The van der Waals surface area contributed by atoms with E-state index < -0.39 is 0 Å². The Labute approximate surface area is 100 Å². The minimum atomic E-state index is 0.655. The normalized spacial score (nSPS) is 18.6. The molecule has 1 N–H and O–H groups in total. The summed E-state index contributed by atoms with van der Waals surface area (Å²) in [6.07, 6.45) is 7.17. The number of nitrogens with one attached hydrogen (secondary N) is 1. The van der Waals surface area contributed by atoms with Gasteiger partial charge in [0.1, 0.15) is 0 Å². The molecule has 0 aromatic heterocycles. The van der Waals surface area contributed by atoms with Crippen molar-refractivity contribution < 1.29 is 4.74 Å². The quantitative estimate of drug-likeness (QED) is 0.672. The van der Waals surface area contributed by atoms with Crippen LogP contribution in [0.2, 0.25) is 0 Å². The van der Waals surface area contributed by atoms with Gasteiger partial charge in [0.05, 0.1) is 13.2 Å². The van der Waals surface area contributed by atoms with Crippen LogP contribution in [-0.2, 0) is 4.74 Å². The second-order valence-electron chi connectivity index (χ2n) is 5.26. The van der Waals surface area contributed by atoms with Gasteiger partial charge in [-0.15, -0.1) is 0 Å². The summed E-state index contributed by atoms with van der Waals surface area (Å²) < 4.78 is 5.30. The molecule has 0 bridgehead atoms. The first-order chi connectivity index (χ1) is 7.68. The van der Waals surface area contributed by atoms with Gasteiger partial charge in [-0.05, 0) is 45.1 Å². The highest BCUT2D eigenvalue weighted by atomic mass is 16.5. The van der Waals surface area contributed by atoms with Crippen LogP contribution in [0.4, 0.5) is 0 Å². The Bertz CT molecular complexity index is 211. The molecule has 0 aromatic carbocycles. The van der Waals surface area contributed by atoms with Gasteiger partial charge in [0.25, 0.3) is 0 Å². The molecular weight excluding hydrogens is 198 g/mol. The standard InChI is InChI=1S/C14H27NO/c1-12(2)4-5-13(3)15-9-6-14-7-10-16-11-8-14/h7,12-13,15H,4-6,8-11H2,1-3H3. The van der Waals surface area contributed by atoms with Crippen LogP contribution in [0, 0.1) is 5.92 Å². The molecule has 0 saturated heterocycles. The van der Waals surface area contributed by atoms with Gasteiger partial charge in [0.15, 0.2) is 0 Å². The molecule has 1 unspecified atom stereocenters. The lowest BCUT2D eigenvalue weighted by molar-refractivity contribution is 0.153. The van der Waals surface area contributed by atoms with E-state index in [0.717, 1.165) is 32.1 Å². The SMILES string of the molecule is CC(C)CCC(C)NCCC1=CCOCC1. The Hall–Kier alpha value is -0.340. The summed E-state index contributed by atoms with van der Waals surface area (Å²) in [6.45, 7) is 9.72. The van der Waals surface area contributed by atoms with E-state index >= 15 is 0 Å². The van der Waals surface area contributed by atoms with E-state index in [1.54, 1.807) is 5.57 Å². The Morgan fingerprint density at radius 3 is 2.75 bits per heavy atom. The second-order valence-corrected chi connectivity index (χ2v) is 5.26. The molecule has 2 heteroatoms. The van der Waals surface area contributed by atoms with E-state index in [0.29, 0.717) is 6.04 Å². The lowest BCUT2D eigenvalue weighted by atomic mass is 10.0. The molecule has 1 aliphatic rings. The third-order valence-corrected chi connectivity index (χ3v) is 3.17. The van der Waals surface area contributed by atoms with Gasteiger partial charge in [-0.1, -0.05) is 25.5 Å². The highest BCUT2D eigenvalue weighted by molar-refractivity contribution is 5.04. The Balaban J connectivity index is 2.03. The van der Waals surface area contributed by atoms with Crippen molar-refractivity contribution in [1.29, 1.82) is 0 Å². The first-order valence-corrected chi connectivity index (χ1v) is 6.67. The smallest absolute Gasteiger partial charge is 0.0650 e. The zero-order valence-electron chi connectivity index (χ0n) is 11.1. The molecule has 1 rings (SSSR count). The van der Waals surface area contributed by atoms with Gasteiger partial charge in [0.2, 0.25) is 0 Å². The van der Waals surface area contributed by atoms with Crippen molar-refractivity contribution in [3.05, 3.63) is 11.6 Å². The van der Waals surface area contributed by atoms with E-state index in [1.165, 1.54) is 19.3 Å². The summed E-state index contributed by atoms with van der Waals surface area (Å²) in [5, 5.41) is 3.60. The van der Waals surface area contributed by atoms with Crippen molar-refractivity contribution in [2.75, 3.05) is 19.8 Å². The molecule has 0 aromatic rings. The maximum Gasteiger partial charge on any atom is 0.0650 e. The number of rotatable bonds is 7. The zero-order chi connectivity index (χ0) is 11.8. The molecule has 94 valence electrons. The molecule has 0 fully saturated rings. The van der Waals surface area contributed by atoms with E-state index in [2.05, 4.69) is 32.2 Å². The zero-order valence-corrected chi connectivity index (χ0v) is 11.1. The van der Waals surface area contributed by atoms with Gasteiger partial charge in [-0.25, -0.2) is 0 Å². The van der Waals surface area contributed by atoms with E-state index in [9.17, 15) is 0 Å². The summed E-state index contributed by atoms with van der Waals surface area (Å²) in [4.78, 5) is 0. The largest absolute Gasteiger partial charge is 0.377 e. The van der Waals surface area contributed by atoms with E-state index in [1.807, 2.05) is 0 Å². The van der Waals surface area contributed by atoms with Gasteiger partial charge in [0, 0.05) is 6.04 Å². The van der Waals surface area contributed by atoms with Crippen molar-refractivity contribution in [1.82, 2.24) is 5.32 Å². The van der Waals surface area contributed by atoms with Crippen LogP contribution in [0.3, 0.4) is 0 Å². The van der Waals surface area contributed by atoms with Crippen LogP contribution >= 0.6 is 0 Å². The Morgan fingerprint density at radius 1 is 1.31 bits per heavy atom. The van der Waals surface area contributed by atoms with Gasteiger partial charge >= 0.3 is 0 Å². The highest BCUT2D eigenvalue weighted by Gasteiger charge is 2.05. The summed E-state index contributed by atoms with van der Waals surface area (Å²) in [5.41, 5.74) is 1.56. The minimum absolute atomic E-state index is 0.655. The van der Waals surface area contributed by atoms with Crippen molar-refractivity contribution in [2.45, 2.75) is 52.5 Å². The predicted octanol–water partition coefficient (Wildman–Crippen LogP) is 3.14. The maximum atomic E-state index is 5.30. The van der Waals surface area contributed by atoms with Crippen LogP contribution in [0.25, 0.3) is 0 Å². The average molecular weight is 225 g/mol. The molecule has 0 spiro atoms. The van der Waals surface area contributed by atoms with Crippen molar-refractivity contribution in [3.8, 4) is 0 Å². The lowest BCUT2D eigenvalue weighted by Gasteiger charge is -2.17. The van der Waals surface area contributed by atoms with Crippen LogP contribution in [-0.4, -0.2) is 25.8 Å². The Kier molecular flexibility index (Phi) is 6.74. The number of ether oxygens (including phenoxy) is 1. The molecular formula is C14H27NO. The molecule has 1 atom stereocenters. The van der Waals surface area contributed by atoms with Gasteiger partial charge < -0.3 is 10.1 Å². The molecule has 1 heterocycles. The summed E-state index contributed by atoms with van der Waals surface area (Å²) in [7, 11) is 0. The fourth-order valence-electron chi connectivity index (χ4n) is 1.96. The molecule has 1 aliphatic heterocycles. The van der Waals surface area contributed by atoms with E-state index in [-0.39, 0.29) is 0 Å². The van der Waals surface area contributed by atoms with Crippen molar-refractivity contribution in [3.63, 3.8) is 0 Å². The third kappa shape index (κ3) is 6.29. The molecule has 0 amide bonds. The molecule has 0 radical (unpaired) electrons. The lowest BCUT2D eigenvalue weighted by Crippen LogP contribution is -2.27. The molecule has 2 nitrogen and oxygen atoms in total. The first kappa shape index (κ1) is 13.7. The van der Waals surface area contributed by atoms with Gasteiger partial charge in [-0.3, -0.25) is 0 Å². The van der Waals surface area contributed by atoms with E-state index in [4.69, 9.17) is 4.74 Å². The van der Waals surface area contributed by atoms with Crippen LogP contribution < -0.4 is 5.32 Å². The molecule has 0 aliphatic carbocycles. The second kappa shape index (κ2) is 7.86. The predicted molar refractivity (Wildman–Crippen MR) is 69.7 cm³/mol. The summed E-state index contributed by atoms with van der Waals surface area (Å²) >= 11 is 0. The highest BCUT2D eigenvalue weighted by Crippen LogP contribution is 2.11. The first-order valence-electron chi connectivity index (χ1n) is 6.67. The Morgan fingerprint density at radius 2 is 2.12 bits per heavy atom. The maximum absolute atomic E-state index is 5.30. The topological polar surface area (TPSA) is 21.3 Å². The third-order valence-electron chi connectivity index (χ3n) is 3.17. The van der Waals surface area contributed by atoms with Crippen LogP contribution in [0.1, 0.15) is 46.5 Å². The van der Waals surface area contributed by atoms with Crippen LogP contribution in [0.15, 0.2) is 11.6 Å². The van der Waals surface area contributed by atoms with Gasteiger partial charge in [-0.2, -0.15) is 0 Å². The fraction of sp³-hybridized carbons (Fsp3) is 0.857. The summed E-state index contributed by atoms with van der Waals surface area (Å²) in [6, 6.07) is 0.655. The average Bonchev–Trinajstić information content (AvgIpc) is 2.28. The number of hydrogen-bond acceptors (Lipinski definition) is 2. The molecule has 0 saturated carbocycles. The summed E-state index contributed by atoms with van der Waals surface area (Å²) in [5.74, 6) is 0.822. The molecule has 16 heavy (non-hydrogen) atoms. The fourth-order valence-corrected chi connectivity index (χ4v) is 1.96. The number of hydrogen-bond donors (Lipinski definition) is 1. The monoisotopic (exact) mass is 225 g/mol. The minimum Gasteiger partial charge on any atom is -0.377 e. The van der Waals surface area contributed by atoms with Crippen molar-refractivity contribution >= 4 is 0 Å².